The molecule has 0 rings (SSSR count). The van der Waals surface area contributed by atoms with E-state index in [9.17, 15) is 0 Å². The highest BCUT2D eigenvalue weighted by atomic mass is 32.2. The fourth-order valence-electron chi connectivity index (χ4n) is 1.35. The molecule has 0 fully saturated rings. The Bertz CT molecular complexity index is 95.8. The van der Waals surface area contributed by atoms with Crippen molar-refractivity contribution < 1.29 is 0 Å². The lowest BCUT2D eigenvalue weighted by molar-refractivity contribution is 0.494. The Morgan fingerprint density at radius 1 is 1.25 bits per heavy atom. The molecule has 0 amide bonds. The molecule has 12 heavy (non-hydrogen) atoms. The second-order valence-corrected chi connectivity index (χ2v) is 4.78. The molecule has 0 radical (unpaired) electrons. The maximum Gasteiger partial charge on any atom is 0.0181 e. The minimum absolute atomic E-state index is 0.704. The SMILES string of the molecule is CCCNC(CC)C(C)SCC. The van der Waals surface area contributed by atoms with E-state index in [2.05, 4.69) is 44.8 Å². The topological polar surface area (TPSA) is 12.0 Å². The first-order chi connectivity index (χ1) is 5.76. The lowest BCUT2D eigenvalue weighted by atomic mass is 10.1. The van der Waals surface area contributed by atoms with Crippen molar-refractivity contribution in [3.63, 3.8) is 0 Å². The smallest absolute Gasteiger partial charge is 0.0181 e. The van der Waals surface area contributed by atoms with Gasteiger partial charge in [-0.25, -0.2) is 0 Å². The minimum atomic E-state index is 0.704. The molecule has 0 aliphatic carbocycles. The Labute approximate surface area is 81.7 Å². The summed E-state index contributed by atoms with van der Waals surface area (Å²) in [6.07, 6.45) is 2.48. The molecule has 1 nitrogen and oxygen atoms in total. The molecule has 2 atom stereocenters. The molecule has 0 saturated carbocycles. The third-order valence-corrected chi connectivity index (χ3v) is 3.28. The Morgan fingerprint density at radius 3 is 2.33 bits per heavy atom. The van der Waals surface area contributed by atoms with E-state index in [0.717, 1.165) is 11.8 Å². The highest BCUT2D eigenvalue weighted by molar-refractivity contribution is 7.99. The van der Waals surface area contributed by atoms with Crippen LogP contribution in [-0.2, 0) is 0 Å². The van der Waals surface area contributed by atoms with Gasteiger partial charge in [-0.05, 0) is 25.1 Å². The first-order valence-electron chi connectivity index (χ1n) is 5.11. The highest BCUT2D eigenvalue weighted by Gasteiger charge is 2.13. The Balaban J connectivity index is 3.62. The van der Waals surface area contributed by atoms with Gasteiger partial charge in [0.25, 0.3) is 0 Å². The zero-order valence-electron chi connectivity index (χ0n) is 8.89. The van der Waals surface area contributed by atoms with E-state index in [1.807, 2.05) is 0 Å². The monoisotopic (exact) mass is 189 g/mol. The van der Waals surface area contributed by atoms with E-state index < -0.39 is 0 Å². The van der Waals surface area contributed by atoms with Gasteiger partial charge in [0.15, 0.2) is 0 Å². The van der Waals surface area contributed by atoms with Crippen molar-refractivity contribution in [3.05, 3.63) is 0 Å². The van der Waals surface area contributed by atoms with Crippen molar-refractivity contribution in [2.24, 2.45) is 0 Å². The van der Waals surface area contributed by atoms with Crippen molar-refractivity contribution >= 4 is 11.8 Å². The second-order valence-electron chi connectivity index (χ2n) is 3.13. The molecule has 0 heterocycles. The largest absolute Gasteiger partial charge is 0.313 e. The number of thioether (sulfide) groups is 1. The molecule has 0 aromatic rings. The van der Waals surface area contributed by atoms with Gasteiger partial charge in [-0.1, -0.05) is 27.7 Å². The quantitative estimate of drug-likeness (QED) is 0.661. The molecule has 0 spiro atoms. The molecule has 74 valence electrons. The molecule has 0 saturated heterocycles. The molecule has 0 bridgehead atoms. The molecule has 2 unspecified atom stereocenters. The molecule has 0 aliphatic rings. The lowest BCUT2D eigenvalue weighted by Crippen LogP contribution is -2.36. The average Bonchev–Trinajstić information content (AvgIpc) is 2.06. The zero-order chi connectivity index (χ0) is 9.40. The molecular weight excluding hydrogens is 166 g/mol. The fraction of sp³-hybridized carbons (Fsp3) is 1.00. The van der Waals surface area contributed by atoms with E-state index in [0.29, 0.717) is 6.04 Å². The maximum absolute atomic E-state index is 3.58. The van der Waals surface area contributed by atoms with Gasteiger partial charge < -0.3 is 5.32 Å². The summed E-state index contributed by atoms with van der Waals surface area (Å²) >= 11 is 2.05. The molecule has 1 N–H and O–H groups in total. The molecule has 0 aromatic carbocycles. The summed E-state index contributed by atoms with van der Waals surface area (Å²) in [7, 11) is 0. The van der Waals surface area contributed by atoms with E-state index in [4.69, 9.17) is 0 Å². The van der Waals surface area contributed by atoms with Crippen LogP contribution in [0.1, 0.15) is 40.5 Å². The van der Waals surface area contributed by atoms with Gasteiger partial charge in [-0.3, -0.25) is 0 Å². The molecule has 0 aromatic heterocycles. The van der Waals surface area contributed by atoms with Crippen LogP contribution >= 0.6 is 11.8 Å². The average molecular weight is 189 g/mol. The molecular formula is C10H23NS. The normalized spacial score (nSPS) is 16.0. The van der Waals surface area contributed by atoms with E-state index >= 15 is 0 Å². The van der Waals surface area contributed by atoms with Crippen molar-refractivity contribution in [1.82, 2.24) is 5.32 Å². The van der Waals surface area contributed by atoms with Crippen LogP contribution < -0.4 is 5.32 Å². The lowest BCUT2D eigenvalue weighted by Gasteiger charge is -2.22. The van der Waals surface area contributed by atoms with Gasteiger partial charge in [0.05, 0.1) is 0 Å². The van der Waals surface area contributed by atoms with Gasteiger partial charge in [-0.2, -0.15) is 11.8 Å². The van der Waals surface area contributed by atoms with Crippen molar-refractivity contribution in [3.8, 4) is 0 Å². The van der Waals surface area contributed by atoms with E-state index in [-0.39, 0.29) is 0 Å². The first-order valence-corrected chi connectivity index (χ1v) is 6.16. The number of hydrogen-bond acceptors (Lipinski definition) is 2. The van der Waals surface area contributed by atoms with Crippen molar-refractivity contribution in [2.75, 3.05) is 12.3 Å². The van der Waals surface area contributed by atoms with Crippen LogP contribution in [-0.4, -0.2) is 23.6 Å². The summed E-state index contributed by atoms with van der Waals surface area (Å²) in [5.74, 6) is 1.23. The van der Waals surface area contributed by atoms with Crippen LogP contribution in [0.4, 0.5) is 0 Å². The Hall–Kier alpha value is 0.310. The first kappa shape index (κ1) is 12.3. The van der Waals surface area contributed by atoms with Crippen LogP contribution in [0.15, 0.2) is 0 Å². The van der Waals surface area contributed by atoms with Crippen molar-refractivity contribution in [1.29, 1.82) is 0 Å². The second kappa shape index (κ2) is 7.93. The summed E-state index contributed by atoms with van der Waals surface area (Å²) in [5.41, 5.74) is 0. The number of rotatable bonds is 7. The third-order valence-electron chi connectivity index (χ3n) is 2.09. The van der Waals surface area contributed by atoms with E-state index in [1.54, 1.807) is 0 Å². The summed E-state index contributed by atoms with van der Waals surface area (Å²) in [6, 6.07) is 0.704. The number of hydrogen-bond donors (Lipinski definition) is 1. The van der Waals surface area contributed by atoms with Crippen LogP contribution in [0.2, 0.25) is 0 Å². The standard InChI is InChI=1S/C10H23NS/c1-5-8-11-10(6-2)9(4)12-7-3/h9-11H,5-8H2,1-4H3. The predicted molar refractivity (Wildman–Crippen MR) is 60.0 cm³/mol. The fourth-order valence-corrected chi connectivity index (χ4v) is 2.40. The Kier molecular flexibility index (Phi) is 8.14. The Morgan fingerprint density at radius 2 is 1.92 bits per heavy atom. The van der Waals surface area contributed by atoms with Gasteiger partial charge >= 0.3 is 0 Å². The minimum Gasteiger partial charge on any atom is -0.313 e. The van der Waals surface area contributed by atoms with Crippen molar-refractivity contribution in [2.45, 2.75) is 51.8 Å². The summed E-state index contributed by atoms with van der Waals surface area (Å²) in [6.45, 7) is 10.2. The molecule has 2 heteroatoms. The summed E-state index contributed by atoms with van der Waals surface area (Å²) < 4.78 is 0. The highest BCUT2D eigenvalue weighted by Crippen LogP contribution is 2.15. The van der Waals surface area contributed by atoms with Gasteiger partial charge in [0.2, 0.25) is 0 Å². The van der Waals surface area contributed by atoms with Gasteiger partial charge in [0.1, 0.15) is 0 Å². The zero-order valence-corrected chi connectivity index (χ0v) is 9.71. The maximum atomic E-state index is 3.58. The van der Waals surface area contributed by atoms with Crippen LogP contribution in [0.25, 0.3) is 0 Å². The summed E-state index contributed by atoms with van der Waals surface area (Å²) in [5, 5.41) is 4.34. The third kappa shape index (κ3) is 5.04. The van der Waals surface area contributed by atoms with Crippen LogP contribution in [0.3, 0.4) is 0 Å². The predicted octanol–water partition coefficient (Wildman–Crippen LogP) is 2.91. The molecule has 0 aliphatic heterocycles. The van der Waals surface area contributed by atoms with Gasteiger partial charge in [0, 0.05) is 11.3 Å². The van der Waals surface area contributed by atoms with Crippen LogP contribution in [0.5, 0.6) is 0 Å². The number of nitrogens with one attached hydrogen (secondary N) is 1. The van der Waals surface area contributed by atoms with Gasteiger partial charge in [-0.15, -0.1) is 0 Å². The van der Waals surface area contributed by atoms with E-state index in [1.165, 1.54) is 18.6 Å². The van der Waals surface area contributed by atoms with Crippen LogP contribution in [0, 0.1) is 0 Å². The summed E-state index contributed by atoms with van der Waals surface area (Å²) in [4.78, 5) is 0.